The lowest BCUT2D eigenvalue weighted by atomic mass is 9.71. The lowest BCUT2D eigenvalue weighted by Crippen LogP contribution is -2.29. The molecular weight excluding hydrogens is 246 g/mol. The molecule has 0 N–H and O–H groups in total. The van der Waals surface area contributed by atoms with Crippen LogP contribution in [0.25, 0.3) is 0 Å². The molecule has 2 aromatic rings. The van der Waals surface area contributed by atoms with Crippen LogP contribution in [0.2, 0.25) is 0 Å². The van der Waals surface area contributed by atoms with Gasteiger partial charge in [-0.25, -0.2) is 0 Å². The molecule has 0 aromatic heterocycles. The van der Waals surface area contributed by atoms with E-state index in [9.17, 15) is 10.1 Å². The molecule has 0 amide bonds. The Hall–Kier alpha value is -2.40. The van der Waals surface area contributed by atoms with Gasteiger partial charge in [-0.15, -0.1) is 0 Å². The van der Waals surface area contributed by atoms with Crippen molar-refractivity contribution in [3.63, 3.8) is 0 Å². The van der Waals surface area contributed by atoms with Crippen LogP contribution >= 0.6 is 0 Å². The van der Waals surface area contributed by atoms with Crippen LogP contribution in [0.15, 0.2) is 48.5 Å². The highest BCUT2D eigenvalue weighted by Crippen LogP contribution is 2.39. The van der Waals surface area contributed by atoms with Gasteiger partial charge >= 0.3 is 0 Å². The standard InChI is InChI=1S/C18H15NO/c1-12-6-2-4-8-14(12)17(11-19)18(20)16-10-13-7-3-5-9-15(13)16/h2-9,16-17H,10H2,1H3. The number of hydrogen-bond acceptors (Lipinski definition) is 2. The number of nitriles is 1. The smallest absolute Gasteiger partial charge is 0.162 e. The lowest BCUT2D eigenvalue weighted by Gasteiger charge is -2.30. The van der Waals surface area contributed by atoms with Crippen molar-refractivity contribution in [2.24, 2.45) is 0 Å². The fourth-order valence-electron chi connectivity index (χ4n) is 2.91. The minimum absolute atomic E-state index is 0.0282. The number of Topliss-reactive ketones (excluding diaryl/α,β-unsaturated/α-hetero) is 1. The second-order valence-electron chi connectivity index (χ2n) is 5.28. The maximum Gasteiger partial charge on any atom is 0.162 e. The zero-order chi connectivity index (χ0) is 14.1. The number of fused-ring (bicyclic) bond motifs is 1. The molecular formula is C18H15NO. The van der Waals surface area contributed by atoms with E-state index in [-0.39, 0.29) is 11.7 Å². The number of aryl methyl sites for hydroxylation is 1. The number of ketones is 1. The monoisotopic (exact) mass is 261 g/mol. The van der Waals surface area contributed by atoms with E-state index in [1.54, 1.807) is 0 Å². The van der Waals surface area contributed by atoms with Gasteiger partial charge in [0.15, 0.2) is 5.78 Å². The third-order valence-corrected chi connectivity index (χ3v) is 4.11. The molecule has 2 unspecified atom stereocenters. The van der Waals surface area contributed by atoms with Gasteiger partial charge in [-0.3, -0.25) is 4.79 Å². The van der Waals surface area contributed by atoms with Crippen molar-refractivity contribution in [3.05, 3.63) is 70.8 Å². The van der Waals surface area contributed by atoms with Crippen molar-refractivity contribution in [2.75, 3.05) is 0 Å². The van der Waals surface area contributed by atoms with E-state index in [2.05, 4.69) is 6.07 Å². The van der Waals surface area contributed by atoms with Crippen molar-refractivity contribution in [1.82, 2.24) is 0 Å². The first kappa shape index (κ1) is 12.6. The van der Waals surface area contributed by atoms with Crippen molar-refractivity contribution in [3.8, 4) is 6.07 Å². The van der Waals surface area contributed by atoms with E-state index >= 15 is 0 Å². The van der Waals surface area contributed by atoms with Crippen LogP contribution in [0.3, 0.4) is 0 Å². The molecule has 3 rings (SSSR count). The van der Waals surface area contributed by atoms with Crippen molar-refractivity contribution < 1.29 is 4.79 Å². The van der Waals surface area contributed by atoms with Crippen molar-refractivity contribution in [1.29, 1.82) is 5.26 Å². The Bertz CT molecular complexity index is 711. The molecule has 0 saturated carbocycles. The molecule has 2 aromatic carbocycles. The van der Waals surface area contributed by atoms with Crippen molar-refractivity contribution in [2.45, 2.75) is 25.2 Å². The van der Waals surface area contributed by atoms with Crippen LogP contribution in [-0.4, -0.2) is 5.78 Å². The van der Waals surface area contributed by atoms with Gasteiger partial charge in [-0.2, -0.15) is 5.26 Å². The van der Waals surface area contributed by atoms with Gasteiger partial charge in [-0.05, 0) is 35.6 Å². The Balaban J connectivity index is 1.91. The fraction of sp³-hybridized carbons (Fsp3) is 0.222. The first-order valence-corrected chi connectivity index (χ1v) is 6.79. The van der Waals surface area contributed by atoms with E-state index in [0.29, 0.717) is 0 Å². The summed E-state index contributed by atoms with van der Waals surface area (Å²) in [6.07, 6.45) is 0.763. The topological polar surface area (TPSA) is 40.9 Å². The van der Waals surface area contributed by atoms with E-state index < -0.39 is 5.92 Å². The van der Waals surface area contributed by atoms with Gasteiger partial charge in [0.2, 0.25) is 0 Å². The lowest BCUT2D eigenvalue weighted by molar-refractivity contribution is -0.121. The number of nitrogens with zero attached hydrogens (tertiary/aromatic N) is 1. The number of hydrogen-bond donors (Lipinski definition) is 0. The van der Waals surface area contributed by atoms with Crippen LogP contribution in [0, 0.1) is 18.3 Å². The Labute approximate surface area is 118 Å². The Morgan fingerprint density at radius 2 is 1.90 bits per heavy atom. The van der Waals surface area contributed by atoms with Crippen LogP contribution in [-0.2, 0) is 11.2 Å². The average Bonchev–Trinajstić information content (AvgIpc) is 2.43. The molecule has 0 saturated heterocycles. The summed E-state index contributed by atoms with van der Waals surface area (Å²) < 4.78 is 0. The first-order valence-electron chi connectivity index (χ1n) is 6.79. The maximum atomic E-state index is 12.6. The van der Waals surface area contributed by atoms with Crippen LogP contribution in [0.4, 0.5) is 0 Å². The molecule has 1 aliphatic rings. The molecule has 0 fully saturated rings. The van der Waals surface area contributed by atoms with Gasteiger partial charge < -0.3 is 0 Å². The number of benzene rings is 2. The Morgan fingerprint density at radius 3 is 2.60 bits per heavy atom. The molecule has 98 valence electrons. The number of rotatable bonds is 3. The van der Waals surface area contributed by atoms with Gasteiger partial charge in [0.25, 0.3) is 0 Å². The molecule has 2 atom stereocenters. The molecule has 0 radical (unpaired) electrons. The Kier molecular flexibility index (Phi) is 3.12. The zero-order valence-corrected chi connectivity index (χ0v) is 11.3. The predicted molar refractivity (Wildman–Crippen MR) is 77.4 cm³/mol. The van der Waals surface area contributed by atoms with Gasteiger partial charge in [0.1, 0.15) is 5.92 Å². The molecule has 0 aliphatic heterocycles. The molecule has 0 spiro atoms. The molecule has 2 heteroatoms. The van der Waals surface area contributed by atoms with E-state index in [1.807, 2.05) is 55.5 Å². The van der Waals surface area contributed by atoms with E-state index in [0.717, 1.165) is 23.1 Å². The molecule has 0 bridgehead atoms. The highest BCUT2D eigenvalue weighted by molar-refractivity contribution is 5.96. The minimum Gasteiger partial charge on any atom is -0.297 e. The normalized spacial score (nSPS) is 17.5. The second-order valence-corrected chi connectivity index (χ2v) is 5.28. The van der Waals surface area contributed by atoms with Gasteiger partial charge in [0.05, 0.1) is 6.07 Å². The molecule has 1 aliphatic carbocycles. The summed E-state index contributed by atoms with van der Waals surface area (Å²) in [6, 6.07) is 17.8. The van der Waals surface area contributed by atoms with E-state index in [1.165, 1.54) is 5.56 Å². The summed E-state index contributed by atoms with van der Waals surface area (Å²) in [4.78, 5) is 12.6. The summed E-state index contributed by atoms with van der Waals surface area (Å²) in [5.41, 5.74) is 4.16. The maximum absolute atomic E-state index is 12.6. The highest BCUT2D eigenvalue weighted by Gasteiger charge is 2.36. The highest BCUT2D eigenvalue weighted by atomic mass is 16.1. The second kappa shape index (κ2) is 4.94. The summed E-state index contributed by atoms with van der Waals surface area (Å²) in [5, 5.41) is 9.42. The summed E-state index contributed by atoms with van der Waals surface area (Å²) in [5.74, 6) is -0.745. The minimum atomic E-state index is -0.658. The van der Waals surface area contributed by atoms with Crippen LogP contribution in [0.5, 0.6) is 0 Å². The molecule has 0 heterocycles. The first-order chi connectivity index (χ1) is 9.72. The quantitative estimate of drug-likeness (QED) is 0.848. The summed E-state index contributed by atoms with van der Waals surface area (Å²) in [7, 11) is 0. The molecule has 20 heavy (non-hydrogen) atoms. The van der Waals surface area contributed by atoms with Crippen molar-refractivity contribution >= 4 is 5.78 Å². The summed E-state index contributed by atoms with van der Waals surface area (Å²) in [6.45, 7) is 1.95. The zero-order valence-electron chi connectivity index (χ0n) is 11.3. The van der Waals surface area contributed by atoms with Gasteiger partial charge in [0, 0.05) is 5.92 Å². The SMILES string of the molecule is Cc1ccccc1C(C#N)C(=O)C1Cc2ccccc21. The number of carbonyl (C=O) groups excluding carboxylic acids is 1. The largest absolute Gasteiger partial charge is 0.297 e. The van der Waals surface area contributed by atoms with Crippen LogP contribution in [0.1, 0.15) is 34.1 Å². The van der Waals surface area contributed by atoms with Gasteiger partial charge in [-0.1, -0.05) is 48.5 Å². The number of carbonyl (C=O) groups is 1. The third kappa shape index (κ3) is 1.92. The van der Waals surface area contributed by atoms with E-state index in [4.69, 9.17) is 0 Å². The predicted octanol–water partition coefficient (Wildman–Crippen LogP) is 3.51. The fourth-order valence-corrected chi connectivity index (χ4v) is 2.91. The Morgan fingerprint density at radius 1 is 1.20 bits per heavy atom. The third-order valence-electron chi connectivity index (χ3n) is 4.11. The molecule has 2 nitrogen and oxygen atoms in total. The summed E-state index contributed by atoms with van der Waals surface area (Å²) >= 11 is 0. The van der Waals surface area contributed by atoms with Crippen LogP contribution < -0.4 is 0 Å². The average molecular weight is 261 g/mol.